The highest BCUT2D eigenvalue weighted by atomic mass is 14.1. The van der Waals surface area contributed by atoms with E-state index in [2.05, 4.69) is 27.4 Å². The molecular weight excluding hydrogens is 156 g/mol. The van der Waals surface area contributed by atoms with E-state index in [4.69, 9.17) is 0 Å². The molecule has 0 bridgehead atoms. The van der Waals surface area contributed by atoms with Crippen LogP contribution in [0, 0.1) is 5.92 Å². The average molecular weight is 182 g/mol. The van der Waals surface area contributed by atoms with Crippen molar-refractivity contribution in [3.05, 3.63) is 12.2 Å². The van der Waals surface area contributed by atoms with Crippen LogP contribution in [0.3, 0.4) is 0 Å². The van der Waals surface area contributed by atoms with E-state index in [0.29, 0.717) is 0 Å². The molecule has 0 fully saturated rings. The van der Waals surface area contributed by atoms with Crippen molar-refractivity contribution in [3.63, 3.8) is 0 Å². The average Bonchev–Trinajstić information content (AvgIpc) is 2.12. The molecule has 0 spiro atoms. The highest BCUT2D eigenvalue weighted by Gasteiger charge is 2.02. The summed E-state index contributed by atoms with van der Waals surface area (Å²) < 4.78 is 0. The molecule has 0 nitrogen and oxygen atoms in total. The molecule has 0 aliphatic heterocycles. The normalized spacial score (nSPS) is 12.8. The second kappa shape index (κ2) is 8.34. The number of rotatable bonds is 8. The highest BCUT2D eigenvalue weighted by molar-refractivity contribution is 4.93. The van der Waals surface area contributed by atoms with Crippen molar-refractivity contribution in [1.82, 2.24) is 0 Å². The van der Waals surface area contributed by atoms with Crippen LogP contribution in [-0.4, -0.2) is 0 Å². The van der Waals surface area contributed by atoms with Crippen molar-refractivity contribution in [1.29, 1.82) is 0 Å². The lowest BCUT2D eigenvalue weighted by Crippen LogP contribution is -1.95. The lowest BCUT2D eigenvalue weighted by Gasteiger charge is -2.11. The van der Waals surface area contributed by atoms with E-state index in [0.717, 1.165) is 5.92 Å². The zero-order valence-corrected chi connectivity index (χ0v) is 9.73. The van der Waals surface area contributed by atoms with Gasteiger partial charge in [-0.2, -0.15) is 0 Å². The molecule has 1 atom stereocenters. The first-order valence-corrected chi connectivity index (χ1v) is 5.87. The van der Waals surface area contributed by atoms with Gasteiger partial charge < -0.3 is 0 Å². The Hall–Kier alpha value is -0.260. The molecule has 0 radical (unpaired) electrons. The van der Waals surface area contributed by atoms with Crippen LogP contribution in [0.5, 0.6) is 0 Å². The lowest BCUT2D eigenvalue weighted by atomic mass is 9.95. The third-order valence-electron chi connectivity index (χ3n) is 2.64. The molecule has 1 unspecified atom stereocenters. The van der Waals surface area contributed by atoms with Crippen LogP contribution in [-0.2, 0) is 0 Å². The maximum absolute atomic E-state index is 4.10. The van der Waals surface area contributed by atoms with Crippen molar-refractivity contribution in [3.8, 4) is 0 Å². The number of hydrogen-bond donors (Lipinski definition) is 0. The predicted octanol–water partition coefficient (Wildman–Crippen LogP) is 4.95. The van der Waals surface area contributed by atoms with E-state index in [-0.39, 0.29) is 0 Å². The van der Waals surface area contributed by atoms with Crippen LogP contribution in [0.2, 0.25) is 0 Å². The molecule has 0 aromatic rings. The Morgan fingerprint density at radius 1 is 1.08 bits per heavy atom. The fourth-order valence-electron chi connectivity index (χ4n) is 1.63. The highest BCUT2D eigenvalue weighted by Crippen LogP contribution is 2.18. The Morgan fingerprint density at radius 3 is 2.31 bits per heavy atom. The van der Waals surface area contributed by atoms with E-state index in [1.807, 2.05) is 0 Å². The summed E-state index contributed by atoms with van der Waals surface area (Å²) in [7, 11) is 0. The summed E-state index contributed by atoms with van der Waals surface area (Å²) in [5.74, 6) is 0.897. The third-order valence-corrected chi connectivity index (χ3v) is 2.64. The van der Waals surface area contributed by atoms with E-state index in [1.165, 1.54) is 50.5 Å². The first-order chi connectivity index (χ1) is 6.20. The Balaban J connectivity index is 3.34. The van der Waals surface area contributed by atoms with Gasteiger partial charge in [0.2, 0.25) is 0 Å². The largest absolute Gasteiger partial charge is 0.0999 e. The summed E-state index contributed by atoms with van der Waals surface area (Å²) >= 11 is 0. The quantitative estimate of drug-likeness (QED) is 0.466. The second-order valence-corrected chi connectivity index (χ2v) is 4.29. The summed E-state index contributed by atoms with van der Waals surface area (Å²) in [5, 5.41) is 0. The maximum Gasteiger partial charge on any atom is -0.0320 e. The summed E-state index contributed by atoms with van der Waals surface area (Å²) in [5.41, 5.74) is 1.45. The minimum atomic E-state index is 0.897. The van der Waals surface area contributed by atoms with Crippen LogP contribution in [0.4, 0.5) is 0 Å². The first-order valence-electron chi connectivity index (χ1n) is 5.87. The van der Waals surface area contributed by atoms with Crippen LogP contribution < -0.4 is 0 Å². The van der Waals surface area contributed by atoms with Crippen molar-refractivity contribution >= 4 is 0 Å². The van der Waals surface area contributed by atoms with E-state index in [9.17, 15) is 0 Å². The number of allylic oxidation sites excluding steroid dienone is 1. The summed E-state index contributed by atoms with van der Waals surface area (Å²) in [4.78, 5) is 0. The summed E-state index contributed by atoms with van der Waals surface area (Å²) in [6, 6.07) is 0. The monoisotopic (exact) mass is 182 g/mol. The molecule has 0 aromatic carbocycles. The number of hydrogen-bond acceptors (Lipinski definition) is 0. The van der Waals surface area contributed by atoms with Gasteiger partial charge >= 0.3 is 0 Å². The smallest absolute Gasteiger partial charge is 0.0320 e. The van der Waals surface area contributed by atoms with E-state index >= 15 is 0 Å². The molecule has 0 rings (SSSR count). The molecule has 0 amide bonds. The minimum Gasteiger partial charge on any atom is -0.0999 e. The SMILES string of the molecule is C=C(CCC)CCC(C)CCCC. The van der Waals surface area contributed by atoms with Gasteiger partial charge in [0, 0.05) is 0 Å². The van der Waals surface area contributed by atoms with Gasteiger partial charge in [0.1, 0.15) is 0 Å². The lowest BCUT2D eigenvalue weighted by molar-refractivity contribution is 0.468. The molecule has 78 valence electrons. The van der Waals surface area contributed by atoms with Crippen LogP contribution in [0.1, 0.15) is 65.7 Å². The molecule has 0 heterocycles. The van der Waals surface area contributed by atoms with Crippen LogP contribution >= 0.6 is 0 Å². The van der Waals surface area contributed by atoms with Gasteiger partial charge in [0.05, 0.1) is 0 Å². The first kappa shape index (κ1) is 12.7. The zero-order chi connectivity index (χ0) is 10.1. The molecule has 0 N–H and O–H groups in total. The molecule has 0 saturated heterocycles. The molecular formula is C13H26. The van der Waals surface area contributed by atoms with Gasteiger partial charge in [-0.3, -0.25) is 0 Å². The Kier molecular flexibility index (Phi) is 8.18. The van der Waals surface area contributed by atoms with E-state index in [1.54, 1.807) is 0 Å². The zero-order valence-electron chi connectivity index (χ0n) is 9.73. The van der Waals surface area contributed by atoms with Crippen LogP contribution in [0.25, 0.3) is 0 Å². The van der Waals surface area contributed by atoms with Gasteiger partial charge in [-0.05, 0) is 25.2 Å². The van der Waals surface area contributed by atoms with Gasteiger partial charge in [-0.25, -0.2) is 0 Å². The van der Waals surface area contributed by atoms with E-state index < -0.39 is 0 Å². The van der Waals surface area contributed by atoms with Crippen molar-refractivity contribution in [2.45, 2.75) is 65.7 Å². The fourth-order valence-corrected chi connectivity index (χ4v) is 1.63. The summed E-state index contributed by atoms with van der Waals surface area (Å²) in [6.45, 7) is 11.0. The van der Waals surface area contributed by atoms with Gasteiger partial charge in [-0.1, -0.05) is 58.6 Å². The van der Waals surface area contributed by atoms with Gasteiger partial charge in [-0.15, -0.1) is 0 Å². The van der Waals surface area contributed by atoms with Gasteiger partial charge in [0.15, 0.2) is 0 Å². The van der Waals surface area contributed by atoms with Crippen molar-refractivity contribution in [2.24, 2.45) is 5.92 Å². The van der Waals surface area contributed by atoms with Crippen molar-refractivity contribution in [2.75, 3.05) is 0 Å². The molecule has 0 aliphatic carbocycles. The summed E-state index contributed by atoms with van der Waals surface area (Å²) in [6.07, 6.45) is 9.19. The minimum absolute atomic E-state index is 0.897. The molecule has 0 heteroatoms. The van der Waals surface area contributed by atoms with Crippen molar-refractivity contribution < 1.29 is 0 Å². The fraction of sp³-hybridized carbons (Fsp3) is 0.846. The molecule has 0 saturated carbocycles. The Bertz CT molecular complexity index is 124. The molecule has 13 heavy (non-hydrogen) atoms. The second-order valence-electron chi connectivity index (χ2n) is 4.29. The van der Waals surface area contributed by atoms with Gasteiger partial charge in [0.25, 0.3) is 0 Å². The Morgan fingerprint density at radius 2 is 1.77 bits per heavy atom. The predicted molar refractivity (Wildman–Crippen MR) is 62.0 cm³/mol. The standard InChI is InChI=1S/C13H26/c1-5-7-9-13(4)11-10-12(3)8-6-2/h13H,3,5-11H2,1-2,4H3. The number of unbranched alkanes of at least 4 members (excludes halogenated alkanes) is 1. The maximum atomic E-state index is 4.10. The molecule has 0 aliphatic rings. The topological polar surface area (TPSA) is 0 Å². The van der Waals surface area contributed by atoms with Crippen LogP contribution in [0.15, 0.2) is 12.2 Å². The molecule has 0 aromatic heterocycles. The Labute approximate surface area is 84.4 Å². The third kappa shape index (κ3) is 8.08.